The number of methoxy groups -OCH3 is 1. The van der Waals surface area contributed by atoms with Crippen molar-refractivity contribution < 1.29 is 9.53 Å². The van der Waals surface area contributed by atoms with E-state index in [1.54, 1.807) is 12.5 Å². The van der Waals surface area contributed by atoms with Gasteiger partial charge in [0.05, 0.1) is 37.6 Å². The molecule has 0 aromatic carbocycles. The number of nitrogens with zero attached hydrogens (tertiary/aromatic N) is 3. The molecule has 8 nitrogen and oxygen atoms in total. The molecule has 2 N–H and O–H groups in total. The van der Waals surface area contributed by atoms with Crippen molar-refractivity contribution in [1.82, 2.24) is 19.7 Å². The average Bonchev–Trinajstić information content (AvgIpc) is 2.96. The Kier molecular flexibility index (Phi) is 4.51. The van der Waals surface area contributed by atoms with Gasteiger partial charge < -0.3 is 15.0 Å². The fraction of sp³-hybridized carbons (Fsp3) is 0.273. The number of carbonyl (C=O) groups is 1. The summed E-state index contributed by atoms with van der Waals surface area (Å²) >= 11 is 3.19. The minimum Gasteiger partial charge on any atom is -0.468 e. The van der Waals surface area contributed by atoms with Crippen molar-refractivity contribution in [2.75, 3.05) is 12.4 Å². The molecule has 0 atom stereocenters. The van der Waals surface area contributed by atoms with Crippen LogP contribution in [-0.4, -0.2) is 32.8 Å². The van der Waals surface area contributed by atoms with Gasteiger partial charge in [-0.05, 0) is 15.9 Å². The van der Waals surface area contributed by atoms with Gasteiger partial charge in [-0.25, -0.2) is 9.67 Å². The summed E-state index contributed by atoms with van der Waals surface area (Å²) in [6.07, 6.45) is 4.70. The largest absolute Gasteiger partial charge is 0.468 e. The Hall–Kier alpha value is -2.16. The lowest BCUT2D eigenvalue weighted by atomic mass is 10.4. The van der Waals surface area contributed by atoms with Crippen molar-refractivity contribution >= 4 is 27.6 Å². The van der Waals surface area contributed by atoms with Crippen molar-refractivity contribution in [3.63, 3.8) is 0 Å². The number of rotatable bonds is 5. The van der Waals surface area contributed by atoms with Crippen molar-refractivity contribution in [2.45, 2.75) is 13.1 Å². The van der Waals surface area contributed by atoms with Crippen LogP contribution >= 0.6 is 15.9 Å². The number of carbonyl (C=O) groups excluding carboxylic acids is 1. The van der Waals surface area contributed by atoms with E-state index in [2.05, 4.69) is 41.1 Å². The van der Waals surface area contributed by atoms with E-state index in [1.807, 2.05) is 0 Å². The first-order valence-corrected chi connectivity index (χ1v) is 6.44. The standard InChI is InChI=1S/C11H12BrN5O3/c1-20-9(18)5-17-11(19)10(12)8(4-16-17)14-3-7-2-13-6-15-7/h2,4,6,14H,3,5H2,1H3,(H,13,15). The quantitative estimate of drug-likeness (QED) is 0.768. The molecule has 0 fully saturated rings. The second-order valence-electron chi connectivity index (χ2n) is 3.84. The highest BCUT2D eigenvalue weighted by molar-refractivity contribution is 9.10. The molecule has 0 bridgehead atoms. The third-order valence-corrected chi connectivity index (χ3v) is 3.28. The zero-order valence-corrected chi connectivity index (χ0v) is 12.2. The van der Waals surface area contributed by atoms with Crippen molar-refractivity contribution in [2.24, 2.45) is 0 Å². The molecule has 0 saturated carbocycles. The number of anilines is 1. The van der Waals surface area contributed by atoms with Gasteiger partial charge in [0, 0.05) is 6.20 Å². The Labute approximate surface area is 122 Å². The third kappa shape index (κ3) is 3.23. The van der Waals surface area contributed by atoms with Gasteiger partial charge >= 0.3 is 5.97 Å². The van der Waals surface area contributed by atoms with E-state index in [1.165, 1.54) is 13.3 Å². The third-order valence-electron chi connectivity index (χ3n) is 2.52. The van der Waals surface area contributed by atoms with Crippen LogP contribution in [0.2, 0.25) is 0 Å². The molecule has 0 unspecified atom stereocenters. The Morgan fingerprint density at radius 1 is 1.55 bits per heavy atom. The van der Waals surface area contributed by atoms with Gasteiger partial charge in [0.15, 0.2) is 0 Å². The number of hydrogen-bond acceptors (Lipinski definition) is 6. The Morgan fingerprint density at radius 2 is 2.35 bits per heavy atom. The summed E-state index contributed by atoms with van der Waals surface area (Å²) in [6, 6.07) is 0. The highest BCUT2D eigenvalue weighted by Crippen LogP contribution is 2.16. The SMILES string of the molecule is COC(=O)Cn1ncc(NCc2cnc[nH]2)c(Br)c1=O. The first kappa shape index (κ1) is 14.3. The van der Waals surface area contributed by atoms with Crippen LogP contribution in [0.15, 0.2) is 28.0 Å². The summed E-state index contributed by atoms with van der Waals surface area (Å²) in [4.78, 5) is 30.0. The lowest BCUT2D eigenvalue weighted by molar-refractivity contribution is -0.141. The molecule has 0 aliphatic rings. The molecule has 2 aromatic rings. The van der Waals surface area contributed by atoms with Crippen LogP contribution in [0.4, 0.5) is 5.69 Å². The molecular weight excluding hydrogens is 330 g/mol. The predicted octanol–water partition coefficient (Wildman–Crippen LogP) is 0.514. The Morgan fingerprint density at radius 3 is 3.00 bits per heavy atom. The lowest BCUT2D eigenvalue weighted by Gasteiger charge is -2.09. The molecule has 0 radical (unpaired) electrons. The number of esters is 1. The summed E-state index contributed by atoms with van der Waals surface area (Å²) in [5.41, 5.74) is 0.992. The van der Waals surface area contributed by atoms with Crippen LogP contribution in [0.3, 0.4) is 0 Å². The second kappa shape index (κ2) is 6.33. The molecule has 9 heteroatoms. The topological polar surface area (TPSA) is 102 Å². The summed E-state index contributed by atoms with van der Waals surface area (Å²) in [6.45, 7) is 0.246. The highest BCUT2D eigenvalue weighted by Gasteiger charge is 2.11. The fourth-order valence-electron chi connectivity index (χ4n) is 1.46. The smallest absolute Gasteiger partial charge is 0.327 e. The molecule has 2 heterocycles. The number of nitrogens with one attached hydrogen (secondary N) is 2. The normalized spacial score (nSPS) is 10.3. The Bertz CT molecular complexity index is 653. The molecule has 0 aliphatic heterocycles. The van der Waals surface area contributed by atoms with E-state index in [0.29, 0.717) is 16.7 Å². The van der Waals surface area contributed by atoms with E-state index >= 15 is 0 Å². The summed E-state index contributed by atoms with van der Waals surface area (Å²) < 4.78 is 5.82. The molecule has 0 saturated heterocycles. The summed E-state index contributed by atoms with van der Waals surface area (Å²) in [5, 5.41) is 6.95. The van der Waals surface area contributed by atoms with E-state index in [4.69, 9.17) is 0 Å². The second-order valence-corrected chi connectivity index (χ2v) is 4.63. The van der Waals surface area contributed by atoms with Crippen LogP contribution in [0.5, 0.6) is 0 Å². The monoisotopic (exact) mass is 341 g/mol. The summed E-state index contributed by atoms with van der Waals surface area (Å²) in [5.74, 6) is -0.537. The maximum atomic E-state index is 12.0. The van der Waals surface area contributed by atoms with Crippen LogP contribution in [0.25, 0.3) is 0 Å². The van der Waals surface area contributed by atoms with Gasteiger partial charge in [-0.15, -0.1) is 0 Å². The molecule has 20 heavy (non-hydrogen) atoms. The predicted molar refractivity (Wildman–Crippen MR) is 74.1 cm³/mol. The minimum absolute atomic E-state index is 0.227. The zero-order valence-electron chi connectivity index (χ0n) is 10.6. The average molecular weight is 342 g/mol. The number of hydrogen-bond donors (Lipinski definition) is 2. The van der Waals surface area contributed by atoms with E-state index in [9.17, 15) is 9.59 Å². The van der Waals surface area contributed by atoms with E-state index in [0.717, 1.165) is 10.4 Å². The van der Waals surface area contributed by atoms with E-state index in [-0.39, 0.29) is 6.54 Å². The van der Waals surface area contributed by atoms with Crippen molar-refractivity contribution in [3.8, 4) is 0 Å². The number of aromatic nitrogens is 4. The van der Waals surface area contributed by atoms with Crippen LogP contribution < -0.4 is 10.9 Å². The van der Waals surface area contributed by atoms with E-state index < -0.39 is 11.5 Å². The van der Waals surface area contributed by atoms with Gasteiger partial charge in [0.25, 0.3) is 5.56 Å². The maximum Gasteiger partial charge on any atom is 0.327 e. The number of H-pyrrole nitrogens is 1. The molecular formula is C11H12BrN5O3. The first-order chi connectivity index (χ1) is 9.61. The van der Waals surface area contributed by atoms with Gasteiger partial charge in [-0.1, -0.05) is 0 Å². The van der Waals surface area contributed by atoms with Crippen LogP contribution in [-0.2, 0) is 22.6 Å². The molecule has 0 spiro atoms. The van der Waals surface area contributed by atoms with Gasteiger partial charge in [-0.2, -0.15) is 5.10 Å². The number of halogens is 1. The fourth-order valence-corrected chi connectivity index (χ4v) is 1.91. The lowest BCUT2D eigenvalue weighted by Crippen LogP contribution is -2.28. The maximum absolute atomic E-state index is 12.0. The molecule has 0 aliphatic carbocycles. The highest BCUT2D eigenvalue weighted by atomic mass is 79.9. The van der Waals surface area contributed by atoms with Gasteiger partial charge in [-0.3, -0.25) is 9.59 Å². The molecule has 2 aromatic heterocycles. The number of imidazole rings is 1. The minimum atomic E-state index is -0.537. The van der Waals surface area contributed by atoms with Gasteiger partial charge in [0.2, 0.25) is 0 Å². The summed E-state index contributed by atoms with van der Waals surface area (Å²) in [7, 11) is 1.25. The zero-order chi connectivity index (χ0) is 14.5. The first-order valence-electron chi connectivity index (χ1n) is 5.65. The molecule has 106 valence electrons. The molecule has 2 rings (SSSR count). The van der Waals surface area contributed by atoms with Crippen LogP contribution in [0, 0.1) is 0 Å². The molecule has 0 amide bonds. The number of ether oxygens (including phenoxy) is 1. The van der Waals surface area contributed by atoms with Crippen LogP contribution in [0.1, 0.15) is 5.69 Å². The van der Waals surface area contributed by atoms with Crippen molar-refractivity contribution in [1.29, 1.82) is 0 Å². The number of aromatic amines is 1. The van der Waals surface area contributed by atoms with Gasteiger partial charge in [0.1, 0.15) is 11.0 Å². The van der Waals surface area contributed by atoms with Crippen molar-refractivity contribution in [3.05, 3.63) is 39.2 Å². The Balaban J connectivity index is 2.14.